The molecule has 0 aromatic heterocycles. The Bertz CT molecular complexity index is 690. The Balaban J connectivity index is 2.30. The van der Waals surface area contributed by atoms with Gasteiger partial charge in [-0.2, -0.15) is 0 Å². The second-order valence-electron chi connectivity index (χ2n) is 5.06. The standard InChI is InChI=1S/C19H17NO3/c1-15(14-19(22)23)12-13-18(21)20(16-8-4-2-5-9-16)17-10-6-3-7-11-17/h2-11,15H,14H2,1H3,(H,22,23)/p-1. The first-order valence-electron chi connectivity index (χ1n) is 7.23. The molecule has 2 rings (SSSR count). The van der Waals surface area contributed by atoms with Crippen LogP contribution in [-0.4, -0.2) is 11.9 Å². The Kier molecular flexibility index (Phi) is 5.54. The van der Waals surface area contributed by atoms with Crippen molar-refractivity contribution in [3.63, 3.8) is 0 Å². The van der Waals surface area contributed by atoms with Gasteiger partial charge in [-0.1, -0.05) is 49.2 Å². The van der Waals surface area contributed by atoms with Gasteiger partial charge in [0, 0.05) is 29.7 Å². The summed E-state index contributed by atoms with van der Waals surface area (Å²) >= 11 is 0. The third-order valence-electron chi connectivity index (χ3n) is 3.13. The second-order valence-corrected chi connectivity index (χ2v) is 5.06. The van der Waals surface area contributed by atoms with Gasteiger partial charge in [0.25, 0.3) is 0 Å². The highest BCUT2D eigenvalue weighted by Gasteiger charge is 2.15. The number of carbonyl (C=O) groups excluding carboxylic acids is 2. The van der Waals surface area contributed by atoms with Crippen molar-refractivity contribution < 1.29 is 14.7 Å². The van der Waals surface area contributed by atoms with E-state index in [1.54, 1.807) is 6.92 Å². The summed E-state index contributed by atoms with van der Waals surface area (Å²) in [6.07, 6.45) is -0.197. The molecule has 0 spiro atoms. The van der Waals surface area contributed by atoms with Crippen LogP contribution in [0.15, 0.2) is 60.7 Å². The van der Waals surface area contributed by atoms with Gasteiger partial charge < -0.3 is 9.90 Å². The van der Waals surface area contributed by atoms with Gasteiger partial charge in [-0.05, 0) is 30.2 Å². The minimum absolute atomic E-state index is 0.197. The number of anilines is 2. The van der Waals surface area contributed by atoms with E-state index in [4.69, 9.17) is 0 Å². The fourth-order valence-electron chi connectivity index (χ4n) is 2.08. The lowest BCUT2D eigenvalue weighted by Crippen LogP contribution is -2.25. The van der Waals surface area contributed by atoms with Crippen LogP contribution in [-0.2, 0) is 9.59 Å². The zero-order valence-corrected chi connectivity index (χ0v) is 12.7. The zero-order valence-electron chi connectivity index (χ0n) is 12.7. The molecule has 0 radical (unpaired) electrons. The van der Waals surface area contributed by atoms with Crippen LogP contribution < -0.4 is 10.0 Å². The van der Waals surface area contributed by atoms with Gasteiger partial charge in [-0.25, -0.2) is 0 Å². The van der Waals surface area contributed by atoms with E-state index in [0.717, 1.165) is 0 Å². The Morgan fingerprint density at radius 1 is 1.00 bits per heavy atom. The largest absolute Gasteiger partial charge is 0.550 e. The van der Waals surface area contributed by atoms with Gasteiger partial charge >= 0.3 is 5.91 Å². The molecule has 2 aromatic carbocycles. The van der Waals surface area contributed by atoms with Gasteiger partial charge in [0.2, 0.25) is 0 Å². The molecule has 23 heavy (non-hydrogen) atoms. The summed E-state index contributed by atoms with van der Waals surface area (Å²) in [6.45, 7) is 1.64. The molecule has 0 heterocycles. The molecule has 4 nitrogen and oxygen atoms in total. The van der Waals surface area contributed by atoms with Gasteiger partial charge in [0.1, 0.15) is 0 Å². The highest BCUT2D eigenvalue weighted by molar-refractivity contribution is 6.10. The number of carboxylic acids is 1. The fraction of sp³-hybridized carbons (Fsp3) is 0.158. The van der Waals surface area contributed by atoms with Crippen molar-refractivity contribution in [1.82, 2.24) is 0 Å². The molecule has 0 aliphatic heterocycles. The first kappa shape index (κ1) is 16.3. The minimum atomic E-state index is -1.18. The number of amides is 1. The van der Waals surface area contributed by atoms with E-state index >= 15 is 0 Å². The van der Waals surface area contributed by atoms with Crippen molar-refractivity contribution in [3.05, 3.63) is 60.7 Å². The van der Waals surface area contributed by atoms with Gasteiger partial charge in [-0.15, -0.1) is 0 Å². The summed E-state index contributed by atoms with van der Waals surface area (Å²) in [6, 6.07) is 18.4. The molecule has 0 fully saturated rings. The maximum atomic E-state index is 12.5. The van der Waals surface area contributed by atoms with Gasteiger partial charge in [0.05, 0.1) is 0 Å². The summed E-state index contributed by atoms with van der Waals surface area (Å²) in [5.41, 5.74) is 1.40. The molecule has 0 aliphatic rings. The van der Waals surface area contributed by atoms with Crippen LogP contribution in [0.4, 0.5) is 11.4 Å². The van der Waals surface area contributed by atoms with Crippen molar-refractivity contribution in [2.24, 2.45) is 5.92 Å². The first-order chi connectivity index (χ1) is 11.1. The Hall–Kier alpha value is -3.06. The van der Waals surface area contributed by atoms with Crippen LogP contribution in [0.1, 0.15) is 13.3 Å². The highest BCUT2D eigenvalue weighted by Crippen LogP contribution is 2.24. The molecular formula is C19H16NO3-. The number of nitrogens with zero attached hydrogens (tertiary/aromatic N) is 1. The highest BCUT2D eigenvalue weighted by atomic mass is 16.4. The molecule has 2 aromatic rings. The Morgan fingerprint density at radius 3 is 1.91 bits per heavy atom. The van der Waals surface area contributed by atoms with E-state index in [2.05, 4.69) is 11.8 Å². The average Bonchev–Trinajstić information content (AvgIpc) is 2.55. The predicted molar refractivity (Wildman–Crippen MR) is 86.6 cm³/mol. The molecule has 0 saturated carbocycles. The summed E-state index contributed by atoms with van der Waals surface area (Å²) in [5, 5.41) is 10.6. The van der Waals surface area contributed by atoms with Crippen LogP contribution in [0.25, 0.3) is 0 Å². The van der Waals surface area contributed by atoms with Crippen molar-refractivity contribution in [1.29, 1.82) is 0 Å². The predicted octanol–water partition coefficient (Wildman–Crippen LogP) is 2.13. The molecule has 0 saturated heterocycles. The fourth-order valence-corrected chi connectivity index (χ4v) is 2.08. The Morgan fingerprint density at radius 2 is 1.48 bits per heavy atom. The smallest absolute Gasteiger partial charge is 0.307 e. The van der Waals surface area contributed by atoms with E-state index in [9.17, 15) is 14.7 Å². The number of benzene rings is 2. The van der Waals surface area contributed by atoms with Crippen molar-refractivity contribution in [2.45, 2.75) is 13.3 Å². The molecule has 1 unspecified atom stereocenters. The van der Waals surface area contributed by atoms with E-state index in [1.807, 2.05) is 60.7 Å². The third kappa shape index (κ3) is 4.72. The molecule has 116 valence electrons. The van der Waals surface area contributed by atoms with Crippen LogP contribution in [0.2, 0.25) is 0 Å². The number of hydrogen-bond acceptors (Lipinski definition) is 3. The number of para-hydroxylation sites is 2. The lowest BCUT2D eigenvalue weighted by atomic mass is 10.1. The molecule has 0 bridgehead atoms. The minimum Gasteiger partial charge on any atom is -0.550 e. The number of hydrogen-bond donors (Lipinski definition) is 0. The lowest BCUT2D eigenvalue weighted by molar-refractivity contribution is -0.306. The topological polar surface area (TPSA) is 60.4 Å². The van der Waals surface area contributed by atoms with E-state index in [-0.39, 0.29) is 6.42 Å². The molecule has 1 amide bonds. The summed E-state index contributed by atoms with van der Waals surface area (Å²) in [4.78, 5) is 24.6. The zero-order chi connectivity index (χ0) is 16.7. The van der Waals surface area contributed by atoms with E-state index in [0.29, 0.717) is 11.4 Å². The van der Waals surface area contributed by atoms with Gasteiger partial charge in [0.15, 0.2) is 0 Å². The maximum absolute atomic E-state index is 12.5. The molecule has 0 N–H and O–H groups in total. The first-order valence-corrected chi connectivity index (χ1v) is 7.23. The lowest BCUT2D eigenvalue weighted by Gasteiger charge is -2.20. The number of rotatable bonds is 4. The van der Waals surface area contributed by atoms with Crippen molar-refractivity contribution >= 4 is 23.3 Å². The molecule has 1 atom stereocenters. The normalized spacial score (nSPS) is 11.0. The third-order valence-corrected chi connectivity index (χ3v) is 3.13. The number of aliphatic carboxylic acids is 1. The monoisotopic (exact) mass is 306 g/mol. The Labute approximate surface area is 135 Å². The summed E-state index contributed by atoms with van der Waals surface area (Å²) in [5.74, 6) is 3.17. The van der Waals surface area contributed by atoms with E-state index in [1.165, 1.54) is 4.90 Å². The van der Waals surface area contributed by atoms with Crippen LogP contribution in [0.3, 0.4) is 0 Å². The van der Waals surface area contributed by atoms with Crippen LogP contribution in [0, 0.1) is 17.8 Å². The van der Waals surface area contributed by atoms with Gasteiger partial charge in [-0.3, -0.25) is 9.69 Å². The summed E-state index contributed by atoms with van der Waals surface area (Å²) < 4.78 is 0. The van der Waals surface area contributed by atoms with Crippen molar-refractivity contribution in [2.75, 3.05) is 4.90 Å². The van der Waals surface area contributed by atoms with E-state index < -0.39 is 17.8 Å². The quantitative estimate of drug-likeness (QED) is 0.813. The summed E-state index contributed by atoms with van der Waals surface area (Å²) in [7, 11) is 0. The molecule has 0 aliphatic carbocycles. The van der Waals surface area contributed by atoms with Crippen molar-refractivity contribution in [3.8, 4) is 11.8 Å². The maximum Gasteiger partial charge on any atom is 0.307 e. The number of carbonyl (C=O) groups is 2. The number of carboxylic acid groups (broad SMARTS) is 1. The average molecular weight is 306 g/mol. The van der Waals surface area contributed by atoms with Crippen LogP contribution in [0.5, 0.6) is 0 Å². The molecular weight excluding hydrogens is 290 g/mol. The SMILES string of the molecule is CC(C#CC(=O)N(c1ccccc1)c1ccccc1)CC(=O)[O-]. The second kappa shape index (κ2) is 7.81. The van der Waals surface area contributed by atoms with Crippen LogP contribution >= 0.6 is 0 Å². The molecule has 4 heteroatoms.